The topological polar surface area (TPSA) is 68.3 Å². The van der Waals surface area contributed by atoms with E-state index in [1.807, 2.05) is 35.7 Å². The van der Waals surface area contributed by atoms with Gasteiger partial charge in [-0.3, -0.25) is 14.9 Å². The first-order valence-corrected chi connectivity index (χ1v) is 9.55. The molecule has 1 aromatic heterocycles. The molecule has 0 saturated heterocycles. The van der Waals surface area contributed by atoms with Gasteiger partial charge in [0.05, 0.1) is 12.1 Å². The van der Waals surface area contributed by atoms with Crippen molar-refractivity contribution in [2.24, 2.45) is 0 Å². The van der Waals surface area contributed by atoms with Crippen LogP contribution in [-0.4, -0.2) is 23.5 Å². The Kier molecular flexibility index (Phi) is 6.45. The van der Waals surface area contributed by atoms with E-state index in [4.69, 9.17) is 27.9 Å². The van der Waals surface area contributed by atoms with Crippen molar-refractivity contribution >= 4 is 51.5 Å². The molecule has 1 amide bonds. The molecule has 27 heavy (non-hydrogen) atoms. The van der Waals surface area contributed by atoms with Gasteiger partial charge in [0.25, 0.3) is 5.91 Å². The zero-order valence-electron chi connectivity index (χ0n) is 13.9. The van der Waals surface area contributed by atoms with E-state index in [1.54, 1.807) is 18.2 Å². The number of hydrogen-bond donors (Lipinski definition) is 1. The summed E-state index contributed by atoms with van der Waals surface area (Å²) in [5, 5.41) is 5.76. The zero-order valence-corrected chi connectivity index (χ0v) is 16.3. The van der Waals surface area contributed by atoms with Crippen LogP contribution >= 0.6 is 34.5 Å². The van der Waals surface area contributed by atoms with E-state index in [0.717, 1.165) is 11.3 Å². The monoisotopic (exact) mass is 420 g/mol. The third-order valence-corrected chi connectivity index (χ3v) is 4.88. The van der Waals surface area contributed by atoms with Gasteiger partial charge in [0.15, 0.2) is 11.7 Å². The number of benzene rings is 2. The van der Waals surface area contributed by atoms with Gasteiger partial charge >= 0.3 is 5.97 Å². The van der Waals surface area contributed by atoms with E-state index >= 15 is 0 Å². The van der Waals surface area contributed by atoms with Crippen LogP contribution < -0.4 is 5.32 Å². The van der Waals surface area contributed by atoms with Crippen LogP contribution in [-0.2, 0) is 20.7 Å². The van der Waals surface area contributed by atoms with Gasteiger partial charge in [-0.25, -0.2) is 4.98 Å². The van der Waals surface area contributed by atoms with E-state index in [2.05, 4.69) is 10.3 Å². The maximum absolute atomic E-state index is 12.0. The Bertz CT molecular complexity index is 961. The summed E-state index contributed by atoms with van der Waals surface area (Å²) in [6.45, 7) is -0.399. The van der Waals surface area contributed by atoms with Gasteiger partial charge in [-0.15, -0.1) is 11.3 Å². The Hall–Kier alpha value is -2.41. The predicted molar refractivity (Wildman–Crippen MR) is 107 cm³/mol. The fourth-order valence-corrected chi connectivity index (χ4v) is 3.46. The predicted octanol–water partition coefficient (Wildman–Crippen LogP) is 4.84. The van der Waals surface area contributed by atoms with Crippen molar-refractivity contribution in [2.45, 2.75) is 6.42 Å². The normalized spacial score (nSPS) is 10.4. The van der Waals surface area contributed by atoms with E-state index < -0.39 is 18.5 Å². The van der Waals surface area contributed by atoms with Gasteiger partial charge in [-0.1, -0.05) is 59.6 Å². The highest BCUT2D eigenvalue weighted by Gasteiger charge is 2.13. The van der Waals surface area contributed by atoms with Crippen molar-refractivity contribution in [2.75, 3.05) is 11.9 Å². The molecule has 0 fully saturated rings. The Balaban J connectivity index is 1.49. The quantitative estimate of drug-likeness (QED) is 0.579. The maximum Gasteiger partial charge on any atom is 0.310 e. The summed E-state index contributed by atoms with van der Waals surface area (Å²) in [6, 6.07) is 14.4. The molecule has 0 aliphatic carbocycles. The molecule has 1 heterocycles. The van der Waals surface area contributed by atoms with E-state index in [-0.39, 0.29) is 6.42 Å². The second kappa shape index (κ2) is 8.99. The summed E-state index contributed by atoms with van der Waals surface area (Å²) in [4.78, 5) is 28.2. The average Bonchev–Trinajstić information content (AvgIpc) is 3.11. The zero-order chi connectivity index (χ0) is 19.2. The minimum Gasteiger partial charge on any atom is -0.455 e. The molecule has 1 N–H and O–H groups in total. The molecule has 0 aliphatic rings. The summed E-state index contributed by atoms with van der Waals surface area (Å²) < 4.78 is 4.99. The summed E-state index contributed by atoms with van der Waals surface area (Å²) in [5.74, 6) is -1.02. The number of aromatic nitrogens is 1. The molecule has 8 heteroatoms. The lowest BCUT2D eigenvalue weighted by Gasteiger charge is -2.06. The second-order valence-corrected chi connectivity index (χ2v) is 7.23. The Morgan fingerprint density at radius 1 is 1.11 bits per heavy atom. The van der Waals surface area contributed by atoms with Crippen LogP contribution in [0.15, 0.2) is 53.9 Å². The molecule has 0 spiro atoms. The number of halogens is 2. The number of anilines is 1. The number of carbonyl (C=O) groups is 2. The first-order valence-electron chi connectivity index (χ1n) is 7.91. The fraction of sp³-hybridized carbons (Fsp3) is 0.105. The molecule has 3 aromatic rings. The molecule has 138 valence electrons. The van der Waals surface area contributed by atoms with Crippen molar-refractivity contribution in [3.8, 4) is 11.3 Å². The lowest BCUT2D eigenvalue weighted by molar-refractivity contribution is -0.146. The van der Waals surface area contributed by atoms with Gasteiger partial charge in [0, 0.05) is 21.0 Å². The first kappa shape index (κ1) is 19.4. The number of nitrogens with one attached hydrogen (secondary N) is 1. The summed E-state index contributed by atoms with van der Waals surface area (Å²) in [6.07, 6.45) is -0.0430. The molecule has 0 saturated carbocycles. The van der Waals surface area contributed by atoms with E-state index in [1.165, 1.54) is 11.3 Å². The highest BCUT2D eigenvalue weighted by atomic mass is 35.5. The minimum atomic E-state index is -0.557. The van der Waals surface area contributed by atoms with Crippen LogP contribution in [0.5, 0.6) is 0 Å². The van der Waals surface area contributed by atoms with Crippen molar-refractivity contribution in [3.63, 3.8) is 0 Å². The van der Waals surface area contributed by atoms with Crippen molar-refractivity contribution < 1.29 is 14.3 Å². The van der Waals surface area contributed by atoms with Crippen molar-refractivity contribution in [3.05, 3.63) is 69.5 Å². The molecule has 2 aromatic carbocycles. The number of amides is 1. The summed E-state index contributed by atoms with van der Waals surface area (Å²) >= 11 is 13.1. The number of ether oxygens (including phenoxy) is 1. The van der Waals surface area contributed by atoms with Crippen LogP contribution in [0.25, 0.3) is 11.3 Å². The highest BCUT2D eigenvalue weighted by molar-refractivity contribution is 7.14. The van der Waals surface area contributed by atoms with Crippen LogP contribution in [0.1, 0.15) is 5.56 Å². The van der Waals surface area contributed by atoms with Crippen LogP contribution in [0.2, 0.25) is 10.0 Å². The van der Waals surface area contributed by atoms with Crippen LogP contribution in [0.4, 0.5) is 5.13 Å². The van der Waals surface area contributed by atoms with Gasteiger partial charge in [0.2, 0.25) is 0 Å². The molecule has 3 rings (SSSR count). The van der Waals surface area contributed by atoms with E-state index in [9.17, 15) is 9.59 Å². The molecule has 0 unspecified atom stereocenters. The lowest BCUT2D eigenvalue weighted by atomic mass is 10.1. The third-order valence-electron chi connectivity index (χ3n) is 3.53. The van der Waals surface area contributed by atoms with Gasteiger partial charge in [0.1, 0.15) is 0 Å². The molecule has 0 atom stereocenters. The first-order chi connectivity index (χ1) is 13.0. The molecular formula is C19H14Cl2N2O3S. The Morgan fingerprint density at radius 2 is 1.89 bits per heavy atom. The average molecular weight is 421 g/mol. The molecular weight excluding hydrogens is 407 g/mol. The molecule has 0 radical (unpaired) electrons. The molecule has 0 aliphatic heterocycles. The van der Waals surface area contributed by atoms with Gasteiger partial charge < -0.3 is 4.74 Å². The number of thiazole rings is 1. The lowest BCUT2D eigenvalue weighted by Crippen LogP contribution is -2.21. The SMILES string of the molecule is O=C(COC(=O)Cc1ccc(Cl)cc1Cl)Nc1nc(-c2ccccc2)cs1. The summed E-state index contributed by atoms with van der Waals surface area (Å²) in [7, 11) is 0. The Labute approximate surface area is 169 Å². The second-order valence-electron chi connectivity index (χ2n) is 5.53. The largest absolute Gasteiger partial charge is 0.455 e. The van der Waals surface area contributed by atoms with Crippen LogP contribution in [0, 0.1) is 0 Å². The van der Waals surface area contributed by atoms with Crippen molar-refractivity contribution in [1.82, 2.24) is 4.98 Å². The van der Waals surface area contributed by atoms with Crippen molar-refractivity contribution in [1.29, 1.82) is 0 Å². The third kappa shape index (κ3) is 5.53. The van der Waals surface area contributed by atoms with Crippen LogP contribution in [0.3, 0.4) is 0 Å². The minimum absolute atomic E-state index is 0.0430. The number of carbonyl (C=O) groups excluding carboxylic acids is 2. The number of hydrogen-bond acceptors (Lipinski definition) is 5. The number of nitrogens with zero attached hydrogens (tertiary/aromatic N) is 1. The molecule has 0 bridgehead atoms. The number of esters is 1. The highest BCUT2D eigenvalue weighted by Crippen LogP contribution is 2.24. The standard InChI is InChI=1S/C19H14Cl2N2O3S/c20-14-7-6-13(15(21)9-14)8-18(25)26-10-17(24)23-19-22-16(11-27-19)12-4-2-1-3-5-12/h1-7,9,11H,8,10H2,(H,22,23,24). The molecule has 5 nitrogen and oxygen atoms in total. The Morgan fingerprint density at radius 3 is 2.63 bits per heavy atom. The smallest absolute Gasteiger partial charge is 0.310 e. The van der Waals surface area contributed by atoms with E-state index in [0.29, 0.717) is 20.7 Å². The number of rotatable bonds is 6. The van der Waals surface area contributed by atoms with Gasteiger partial charge in [-0.2, -0.15) is 0 Å². The fourth-order valence-electron chi connectivity index (χ4n) is 2.25. The summed E-state index contributed by atoms with van der Waals surface area (Å²) in [5.41, 5.74) is 2.31. The van der Waals surface area contributed by atoms with Gasteiger partial charge in [-0.05, 0) is 17.7 Å². The maximum atomic E-state index is 12.0.